The van der Waals surface area contributed by atoms with E-state index in [9.17, 15) is 4.79 Å². The Morgan fingerprint density at radius 1 is 1.08 bits per heavy atom. The fourth-order valence-corrected chi connectivity index (χ4v) is 4.52. The number of rotatable bonds is 6. The molecule has 1 N–H and O–H groups in total. The molecule has 132 valence electrons. The molecule has 0 saturated heterocycles. The van der Waals surface area contributed by atoms with E-state index in [2.05, 4.69) is 12.2 Å². The second kappa shape index (κ2) is 6.91. The van der Waals surface area contributed by atoms with Gasteiger partial charge in [0.25, 0.3) is 5.91 Å². The molecule has 2 fully saturated rings. The Labute approximate surface area is 143 Å². The average molecular weight is 333 g/mol. The topological polar surface area (TPSA) is 56.8 Å². The van der Waals surface area contributed by atoms with Crippen molar-refractivity contribution in [3.63, 3.8) is 0 Å². The summed E-state index contributed by atoms with van der Waals surface area (Å²) in [4.78, 5) is 12.7. The molecule has 24 heavy (non-hydrogen) atoms. The minimum Gasteiger partial charge on any atom is -0.493 e. The number of carbonyl (C=O) groups excluding carboxylic acids is 1. The zero-order chi connectivity index (χ0) is 17.3. The highest BCUT2D eigenvalue weighted by molar-refractivity contribution is 5.95. The van der Waals surface area contributed by atoms with E-state index in [0.717, 1.165) is 11.8 Å². The Bertz CT molecular complexity index is 590. The Hall–Kier alpha value is -1.91. The summed E-state index contributed by atoms with van der Waals surface area (Å²) in [5.41, 5.74) is 0.527. The molecule has 0 aromatic heterocycles. The number of ether oxygens (including phenoxy) is 3. The molecule has 1 amide bonds. The van der Waals surface area contributed by atoms with E-state index in [0.29, 0.717) is 28.7 Å². The van der Waals surface area contributed by atoms with E-state index in [1.807, 2.05) is 0 Å². The van der Waals surface area contributed by atoms with Crippen molar-refractivity contribution in [1.29, 1.82) is 0 Å². The van der Waals surface area contributed by atoms with Gasteiger partial charge in [0.2, 0.25) is 5.75 Å². The third kappa shape index (κ3) is 3.04. The van der Waals surface area contributed by atoms with Crippen molar-refractivity contribution in [2.45, 2.75) is 38.6 Å². The second-order valence-corrected chi connectivity index (χ2v) is 7.01. The summed E-state index contributed by atoms with van der Waals surface area (Å²) >= 11 is 0. The average Bonchev–Trinajstić information content (AvgIpc) is 3.23. The number of benzene rings is 1. The highest BCUT2D eigenvalue weighted by Crippen LogP contribution is 2.49. The number of hydrogen-bond acceptors (Lipinski definition) is 4. The van der Waals surface area contributed by atoms with Crippen LogP contribution in [0, 0.1) is 17.8 Å². The standard InChI is InChI=1S/C19H27NO4/c1-11(15-8-12-5-6-13(15)7-12)20-19(21)14-9-16(22-2)18(24-4)17(10-14)23-3/h9-13,15H,5-8H2,1-4H3,(H,20,21)/t11-,12+,13+,15-/m0/s1. The second-order valence-electron chi connectivity index (χ2n) is 7.01. The number of methoxy groups -OCH3 is 3. The number of carbonyl (C=O) groups is 1. The monoisotopic (exact) mass is 333 g/mol. The molecule has 0 spiro atoms. The van der Waals surface area contributed by atoms with Crippen LogP contribution in [0.25, 0.3) is 0 Å². The van der Waals surface area contributed by atoms with Gasteiger partial charge >= 0.3 is 0 Å². The van der Waals surface area contributed by atoms with Gasteiger partial charge in [0.15, 0.2) is 11.5 Å². The van der Waals surface area contributed by atoms with Crippen LogP contribution in [0.5, 0.6) is 17.2 Å². The van der Waals surface area contributed by atoms with Gasteiger partial charge in [-0.15, -0.1) is 0 Å². The minimum absolute atomic E-state index is 0.0930. The smallest absolute Gasteiger partial charge is 0.251 e. The van der Waals surface area contributed by atoms with Crippen LogP contribution in [0.4, 0.5) is 0 Å². The maximum atomic E-state index is 12.7. The third-order valence-corrected chi connectivity index (χ3v) is 5.72. The Balaban J connectivity index is 1.74. The highest BCUT2D eigenvalue weighted by atomic mass is 16.5. The van der Waals surface area contributed by atoms with Crippen molar-refractivity contribution in [3.8, 4) is 17.2 Å². The van der Waals surface area contributed by atoms with Crippen LogP contribution < -0.4 is 19.5 Å². The summed E-state index contributed by atoms with van der Waals surface area (Å²) < 4.78 is 16.0. The van der Waals surface area contributed by atoms with Gasteiger partial charge in [-0.2, -0.15) is 0 Å². The lowest BCUT2D eigenvalue weighted by atomic mass is 9.84. The number of hydrogen-bond donors (Lipinski definition) is 1. The molecule has 0 unspecified atom stereocenters. The molecule has 5 nitrogen and oxygen atoms in total. The van der Waals surface area contributed by atoms with Crippen molar-refractivity contribution < 1.29 is 19.0 Å². The molecule has 2 saturated carbocycles. The van der Waals surface area contributed by atoms with E-state index >= 15 is 0 Å². The number of amides is 1. The first-order valence-corrected chi connectivity index (χ1v) is 8.68. The van der Waals surface area contributed by atoms with E-state index in [1.165, 1.54) is 25.7 Å². The maximum absolute atomic E-state index is 12.7. The largest absolute Gasteiger partial charge is 0.493 e. The quantitative estimate of drug-likeness (QED) is 0.868. The van der Waals surface area contributed by atoms with E-state index in [1.54, 1.807) is 33.5 Å². The van der Waals surface area contributed by atoms with E-state index < -0.39 is 0 Å². The van der Waals surface area contributed by atoms with Crippen molar-refractivity contribution in [1.82, 2.24) is 5.32 Å². The lowest BCUT2D eigenvalue weighted by Crippen LogP contribution is -2.40. The van der Waals surface area contributed by atoms with Crippen LogP contribution in [-0.2, 0) is 0 Å². The van der Waals surface area contributed by atoms with Gasteiger partial charge in [-0.1, -0.05) is 6.42 Å². The van der Waals surface area contributed by atoms with Crippen LogP contribution >= 0.6 is 0 Å². The zero-order valence-corrected chi connectivity index (χ0v) is 14.9. The highest BCUT2D eigenvalue weighted by Gasteiger charge is 2.42. The van der Waals surface area contributed by atoms with Crippen LogP contribution in [0.3, 0.4) is 0 Å². The molecule has 4 atom stereocenters. The van der Waals surface area contributed by atoms with Crippen LogP contribution in [0.2, 0.25) is 0 Å². The molecule has 2 aliphatic carbocycles. The molecular weight excluding hydrogens is 306 g/mol. The van der Waals surface area contributed by atoms with Gasteiger partial charge in [-0.25, -0.2) is 0 Å². The fourth-order valence-electron chi connectivity index (χ4n) is 4.52. The van der Waals surface area contributed by atoms with Crippen LogP contribution in [0.15, 0.2) is 12.1 Å². The molecule has 5 heteroatoms. The SMILES string of the molecule is COc1cc(C(=O)N[C@@H](C)[C@@H]2C[C@@H]3CC[C@@H]2C3)cc(OC)c1OC. The predicted octanol–water partition coefficient (Wildman–Crippen LogP) is 3.27. The molecule has 3 rings (SSSR count). The first-order chi connectivity index (χ1) is 11.6. The van der Waals surface area contributed by atoms with E-state index in [-0.39, 0.29) is 11.9 Å². The van der Waals surface area contributed by atoms with Crippen LogP contribution in [-0.4, -0.2) is 33.3 Å². The first kappa shape index (κ1) is 16.9. The normalized spacial score (nSPS) is 26.1. The van der Waals surface area contributed by atoms with Gasteiger partial charge in [0.1, 0.15) is 0 Å². The number of fused-ring (bicyclic) bond motifs is 2. The molecule has 0 aliphatic heterocycles. The lowest BCUT2D eigenvalue weighted by molar-refractivity contribution is 0.0914. The van der Waals surface area contributed by atoms with E-state index in [4.69, 9.17) is 14.2 Å². The molecule has 1 aromatic carbocycles. The van der Waals surface area contributed by atoms with Gasteiger partial charge in [0, 0.05) is 11.6 Å². The van der Waals surface area contributed by atoms with Gasteiger partial charge < -0.3 is 19.5 Å². The van der Waals surface area contributed by atoms with Crippen molar-refractivity contribution in [3.05, 3.63) is 17.7 Å². The predicted molar refractivity (Wildman–Crippen MR) is 92.0 cm³/mol. The van der Waals surface area contributed by atoms with Crippen molar-refractivity contribution in [2.24, 2.45) is 17.8 Å². The summed E-state index contributed by atoms with van der Waals surface area (Å²) in [5.74, 6) is 3.66. The van der Waals surface area contributed by atoms with Crippen molar-refractivity contribution in [2.75, 3.05) is 21.3 Å². The third-order valence-electron chi connectivity index (χ3n) is 5.72. The molecule has 2 aliphatic rings. The Morgan fingerprint density at radius 2 is 1.75 bits per heavy atom. The summed E-state index contributed by atoms with van der Waals surface area (Å²) in [7, 11) is 4.66. The maximum Gasteiger partial charge on any atom is 0.251 e. The number of nitrogens with one attached hydrogen (secondary N) is 1. The first-order valence-electron chi connectivity index (χ1n) is 8.68. The Morgan fingerprint density at radius 3 is 2.21 bits per heavy atom. The molecule has 1 aromatic rings. The summed E-state index contributed by atoms with van der Waals surface area (Å²) in [6, 6.07) is 3.58. The minimum atomic E-state index is -0.0930. The molecule has 2 bridgehead atoms. The molecular formula is C19H27NO4. The van der Waals surface area contributed by atoms with Gasteiger partial charge in [-0.05, 0) is 56.1 Å². The molecule has 0 radical (unpaired) electrons. The summed E-state index contributed by atoms with van der Waals surface area (Å²) in [6.45, 7) is 2.13. The zero-order valence-electron chi connectivity index (χ0n) is 14.9. The summed E-state index contributed by atoms with van der Waals surface area (Å²) in [5, 5.41) is 3.17. The Kier molecular flexibility index (Phi) is 4.88. The van der Waals surface area contributed by atoms with Gasteiger partial charge in [0.05, 0.1) is 21.3 Å². The molecule has 0 heterocycles. The fraction of sp³-hybridized carbons (Fsp3) is 0.632. The van der Waals surface area contributed by atoms with Gasteiger partial charge in [-0.3, -0.25) is 4.79 Å². The lowest BCUT2D eigenvalue weighted by Gasteiger charge is -2.28. The van der Waals surface area contributed by atoms with Crippen molar-refractivity contribution >= 4 is 5.91 Å². The summed E-state index contributed by atoms with van der Waals surface area (Å²) in [6.07, 6.45) is 5.28. The van der Waals surface area contributed by atoms with Crippen LogP contribution in [0.1, 0.15) is 43.0 Å².